The molecule has 0 aromatic heterocycles. The third-order valence-corrected chi connectivity index (χ3v) is 4.60. The maximum atomic E-state index is 9.32. The highest BCUT2D eigenvalue weighted by Gasteiger charge is 2.30. The van der Waals surface area contributed by atoms with Gasteiger partial charge in [-0.25, -0.2) is 0 Å². The fourth-order valence-electron chi connectivity index (χ4n) is 3.52. The molecule has 1 atom stereocenters. The molecule has 1 N–H and O–H groups in total. The maximum Gasteiger partial charge on any atom is 0.116 e. The fraction of sp³-hybridized carbons (Fsp3) is 0.933. The van der Waals surface area contributed by atoms with E-state index in [0.717, 1.165) is 32.2 Å². The predicted molar refractivity (Wildman–Crippen MR) is 78.0 cm³/mol. The van der Waals surface area contributed by atoms with E-state index in [1.807, 2.05) is 6.92 Å². The molecule has 0 spiro atoms. The summed E-state index contributed by atoms with van der Waals surface area (Å²) < 4.78 is 0. The van der Waals surface area contributed by atoms with E-state index in [2.05, 4.69) is 28.1 Å². The average molecular weight is 264 g/mol. The Morgan fingerprint density at radius 2 is 1.84 bits per heavy atom. The summed E-state index contributed by atoms with van der Waals surface area (Å²) >= 11 is 0. The minimum Gasteiger partial charge on any atom is -0.299 e. The van der Waals surface area contributed by atoms with Crippen molar-refractivity contribution in [2.45, 2.75) is 51.1 Å². The van der Waals surface area contributed by atoms with Crippen molar-refractivity contribution in [1.82, 2.24) is 15.1 Å². The van der Waals surface area contributed by atoms with Gasteiger partial charge >= 0.3 is 0 Å². The first kappa shape index (κ1) is 14.8. The van der Waals surface area contributed by atoms with E-state index < -0.39 is 5.54 Å². The van der Waals surface area contributed by atoms with Crippen LogP contribution in [0.4, 0.5) is 0 Å². The lowest BCUT2D eigenvalue weighted by molar-refractivity contribution is 0.0864. The number of nitriles is 1. The Bertz CT molecular complexity index is 311. The average Bonchev–Trinajstić information content (AvgIpc) is 2.94. The molecular formula is C15H28N4. The van der Waals surface area contributed by atoms with Crippen molar-refractivity contribution in [3.63, 3.8) is 0 Å². The zero-order valence-corrected chi connectivity index (χ0v) is 12.5. The number of hydrogen-bond acceptors (Lipinski definition) is 4. The smallest absolute Gasteiger partial charge is 0.116 e. The zero-order chi connectivity index (χ0) is 13.7. The van der Waals surface area contributed by atoms with E-state index in [-0.39, 0.29) is 0 Å². The van der Waals surface area contributed by atoms with Crippen molar-refractivity contribution in [3.8, 4) is 6.07 Å². The van der Waals surface area contributed by atoms with E-state index in [0.29, 0.717) is 0 Å². The summed E-state index contributed by atoms with van der Waals surface area (Å²) in [6.07, 6.45) is 5.62. The highest BCUT2D eigenvalue weighted by Crippen LogP contribution is 2.24. The molecule has 2 fully saturated rings. The van der Waals surface area contributed by atoms with Crippen LogP contribution in [0.5, 0.6) is 0 Å². The third kappa shape index (κ3) is 3.92. The molecule has 0 radical (unpaired) electrons. The summed E-state index contributed by atoms with van der Waals surface area (Å²) in [5, 5.41) is 12.6. The van der Waals surface area contributed by atoms with Crippen LogP contribution >= 0.6 is 0 Å². The van der Waals surface area contributed by atoms with E-state index in [4.69, 9.17) is 0 Å². The Balaban J connectivity index is 1.78. The Hall–Kier alpha value is -0.630. The Labute approximate surface area is 117 Å². The van der Waals surface area contributed by atoms with Gasteiger partial charge in [0.25, 0.3) is 0 Å². The van der Waals surface area contributed by atoms with E-state index in [1.165, 1.54) is 38.8 Å². The van der Waals surface area contributed by atoms with Crippen molar-refractivity contribution in [2.75, 3.05) is 39.3 Å². The molecule has 19 heavy (non-hydrogen) atoms. The molecule has 4 heteroatoms. The van der Waals surface area contributed by atoms with Gasteiger partial charge in [0.05, 0.1) is 6.07 Å². The van der Waals surface area contributed by atoms with Gasteiger partial charge in [0.15, 0.2) is 0 Å². The topological polar surface area (TPSA) is 42.3 Å². The number of hydrogen-bond donors (Lipinski definition) is 1. The monoisotopic (exact) mass is 264 g/mol. The minimum atomic E-state index is -0.399. The zero-order valence-electron chi connectivity index (χ0n) is 12.5. The lowest BCUT2D eigenvalue weighted by Gasteiger charge is -2.40. The second-order valence-electron chi connectivity index (χ2n) is 6.22. The first-order valence-electron chi connectivity index (χ1n) is 7.79. The molecule has 108 valence electrons. The number of likely N-dealkylation sites (N-methyl/N-ethyl adjacent to an activating group) is 1. The van der Waals surface area contributed by atoms with Crippen LogP contribution in [0, 0.1) is 11.3 Å². The highest BCUT2D eigenvalue weighted by atomic mass is 15.3. The molecule has 0 aromatic rings. The van der Waals surface area contributed by atoms with Crippen molar-refractivity contribution < 1.29 is 0 Å². The van der Waals surface area contributed by atoms with E-state index >= 15 is 0 Å². The second kappa shape index (κ2) is 6.69. The van der Waals surface area contributed by atoms with Crippen LogP contribution in [-0.2, 0) is 0 Å². The summed E-state index contributed by atoms with van der Waals surface area (Å²) in [6, 6.07) is 3.27. The van der Waals surface area contributed by atoms with Gasteiger partial charge in [0.2, 0.25) is 0 Å². The Morgan fingerprint density at radius 1 is 1.21 bits per heavy atom. The summed E-state index contributed by atoms with van der Waals surface area (Å²) in [4.78, 5) is 5.11. The van der Waals surface area contributed by atoms with Gasteiger partial charge in [0, 0.05) is 38.8 Å². The number of rotatable bonds is 5. The number of nitrogens with zero attached hydrogens (tertiary/aromatic N) is 3. The molecule has 0 amide bonds. The summed E-state index contributed by atoms with van der Waals surface area (Å²) in [5.41, 5.74) is -0.399. The van der Waals surface area contributed by atoms with Crippen LogP contribution in [0.3, 0.4) is 0 Å². The lowest BCUT2D eigenvalue weighted by atomic mass is 10.0. The fourth-order valence-corrected chi connectivity index (χ4v) is 3.52. The van der Waals surface area contributed by atoms with Crippen molar-refractivity contribution in [2.24, 2.45) is 0 Å². The molecule has 2 aliphatic rings. The van der Waals surface area contributed by atoms with Gasteiger partial charge in [0.1, 0.15) is 5.54 Å². The van der Waals surface area contributed by atoms with Gasteiger partial charge in [-0.2, -0.15) is 5.26 Å². The standard InChI is InChI=1S/C15H28N4/c1-3-17-15(2,12-16)13-18-8-10-19(11-9-18)14-6-4-5-7-14/h14,17H,3-11,13H2,1-2H3. The second-order valence-corrected chi connectivity index (χ2v) is 6.22. The normalized spacial score (nSPS) is 26.2. The summed E-state index contributed by atoms with van der Waals surface area (Å²) in [5.74, 6) is 0. The van der Waals surface area contributed by atoms with E-state index in [9.17, 15) is 5.26 Å². The molecule has 1 heterocycles. The summed E-state index contributed by atoms with van der Waals surface area (Å²) in [7, 11) is 0. The van der Waals surface area contributed by atoms with Crippen molar-refractivity contribution in [3.05, 3.63) is 0 Å². The van der Waals surface area contributed by atoms with Crippen molar-refractivity contribution in [1.29, 1.82) is 5.26 Å². The van der Waals surface area contributed by atoms with Crippen LogP contribution in [0.1, 0.15) is 39.5 Å². The van der Waals surface area contributed by atoms with Crippen LogP contribution in [-0.4, -0.2) is 60.6 Å². The van der Waals surface area contributed by atoms with Gasteiger partial charge in [-0.05, 0) is 26.3 Å². The highest BCUT2D eigenvalue weighted by molar-refractivity contribution is 5.06. The van der Waals surface area contributed by atoms with Gasteiger partial charge < -0.3 is 0 Å². The molecule has 0 aromatic carbocycles. The molecule has 1 aliphatic heterocycles. The Kier molecular flexibility index (Phi) is 5.20. The third-order valence-electron chi connectivity index (χ3n) is 4.60. The van der Waals surface area contributed by atoms with Crippen LogP contribution < -0.4 is 5.32 Å². The first-order chi connectivity index (χ1) is 9.17. The molecular weight excluding hydrogens is 236 g/mol. The largest absolute Gasteiger partial charge is 0.299 e. The van der Waals surface area contributed by atoms with E-state index in [1.54, 1.807) is 0 Å². The SMILES string of the molecule is CCNC(C)(C#N)CN1CCN(C2CCCC2)CC1. The molecule has 2 rings (SSSR count). The first-order valence-corrected chi connectivity index (χ1v) is 7.79. The van der Waals surface area contributed by atoms with Crippen LogP contribution in [0.2, 0.25) is 0 Å². The number of piperazine rings is 1. The Morgan fingerprint density at radius 3 is 2.37 bits per heavy atom. The number of nitrogens with one attached hydrogen (secondary N) is 1. The quantitative estimate of drug-likeness (QED) is 0.816. The molecule has 1 saturated heterocycles. The molecule has 0 bridgehead atoms. The predicted octanol–water partition coefficient (Wildman–Crippen LogP) is 1.44. The molecule has 1 unspecified atom stereocenters. The van der Waals surface area contributed by atoms with Crippen molar-refractivity contribution >= 4 is 0 Å². The van der Waals surface area contributed by atoms with Gasteiger partial charge in [-0.1, -0.05) is 19.8 Å². The minimum absolute atomic E-state index is 0.399. The van der Waals surface area contributed by atoms with Gasteiger partial charge in [-0.3, -0.25) is 15.1 Å². The molecule has 4 nitrogen and oxygen atoms in total. The maximum absolute atomic E-state index is 9.32. The van der Waals surface area contributed by atoms with Crippen LogP contribution in [0.15, 0.2) is 0 Å². The summed E-state index contributed by atoms with van der Waals surface area (Å²) in [6.45, 7) is 10.4. The van der Waals surface area contributed by atoms with Gasteiger partial charge in [-0.15, -0.1) is 0 Å². The molecule has 1 aliphatic carbocycles. The lowest BCUT2D eigenvalue weighted by Crippen LogP contribution is -2.56. The molecule has 1 saturated carbocycles. The van der Waals surface area contributed by atoms with Crippen LogP contribution in [0.25, 0.3) is 0 Å².